The van der Waals surface area contributed by atoms with Crippen molar-refractivity contribution in [1.29, 1.82) is 0 Å². The van der Waals surface area contributed by atoms with Gasteiger partial charge < -0.3 is 36.2 Å². The number of hydrogen-bond acceptors (Lipinski definition) is 13. The number of nitrogens with two attached hydrogens (primary N) is 1. The first-order valence-corrected chi connectivity index (χ1v) is 22.2. The summed E-state index contributed by atoms with van der Waals surface area (Å²) >= 11 is 0. The third-order valence-electron chi connectivity index (χ3n) is 13.5. The summed E-state index contributed by atoms with van der Waals surface area (Å²) in [6, 6.07) is 22.3. The highest BCUT2D eigenvalue weighted by atomic mass is 16.3. The van der Waals surface area contributed by atoms with Gasteiger partial charge in [0, 0.05) is 74.6 Å². The number of phenolic OH excluding ortho intramolecular Hbond substituents is 1. The Hall–Kier alpha value is -7.04. The number of piperidine rings is 2. The van der Waals surface area contributed by atoms with Gasteiger partial charge in [0.15, 0.2) is 5.82 Å². The molecular formula is C47H52N10O7. The van der Waals surface area contributed by atoms with Crippen molar-refractivity contribution in [2.24, 2.45) is 11.8 Å². The van der Waals surface area contributed by atoms with Crippen LogP contribution in [0.15, 0.2) is 78.9 Å². The highest BCUT2D eigenvalue weighted by Crippen LogP contribution is 2.35. The fraction of sp³-hybridized carbons (Fsp3) is 0.404. The number of phenols is 1. The van der Waals surface area contributed by atoms with Crippen molar-refractivity contribution >= 4 is 58.3 Å². The number of hydrogen-bond donors (Lipinski definition) is 5. The van der Waals surface area contributed by atoms with Crippen LogP contribution in [0.5, 0.6) is 5.75 Å². The Morgan fingerprint density at radius 2 is 1.47 bits per heavy atom. The standard InChI is InChI=1S/C47H52N10O7/c48-42-38(25-36(52-53-42)34-8-4-5-9-40(34)58)55-22-23-56(31-6-2-1-3-7-31)39(27-55)44(61)49-26-28-10-12-30(13-11-28)50-43(60)29-18-20-54(21-19-29)32-14-15-33-35(24-32)47(64)57(46(33)63)37-16-17-41(59)51-45(37)62/h1-9,14-15,24-25,28-30,37,39,58H,10-13,16-23,26-27H2,(H2,48,53)(H,49,61)(H,50,60)(H,51,59,62). The van der Waals surface area contributed by atoms with Crippen LogP contribution in [0.2, 0.25) is 0 Å². The molecule has 17 nitrogen and oxygen atoms in total. The fourth-order valence-electron chi connectivity index (χ4n) is 9.87. The molecule has 2 atom stereocenters. The molecular weight excluding hydrogens is 817 g/mol. The van der Waals surface area contributed by atoms with Gasteiger partial charge in [0.25, 0.3) is 11.8 Å². The molecule has 17 heteroatoms. The lowest BCUT2D eigenvalue weighted by atomic mass is 9.85. The molecule has 1 aromatic heterocycles. The number of fused-ring (bicyclic) bond motifs is 1. The number of amides is 6. The minimum absolute atomic E-state index is 0.0478. The Bertz CT molecular complexity index is 2470. The van der Waals surface area contributed by atoms with E-state index in [0.29, 0.717) is 69.1 Å². The molecule has 5 heterocycles. The summed E-state index contributed by atoms with van der Waals surface area (Å²) in [6.07, 6.45) is 4.83. The maximum absolute atomic E-state index is 14.1. The van der Waals surface area contributed by atoms with Gasteiger partial charge in [0.1, 0.15) is 17.8 Å². The Morgan fingerprint density at radius 3 is 2.22 bits per heavy atom. The van der Waals surface area contributed by atoms with Crippen molar-refractivity contribution in [3.05, 3.63) is 90.0 Å². The molecule has 4 fully saturated rings. The van der Waals surface area contributed by atoms with Crippen LogP contribution in [0.25, 0.3) is 11.3 Å². The molecule has 3 saturated heterocycles. The molecule has 1 saturated carbocycles. The van der Waals surface area contributed by atoms with Crippen LogP contribution < -0.4 is 36.4 Å². The third kappa shape index (κ3) is 8.53. The second-order valence-corrected chi connectivity index (χ2v) is 17.4. The van der Waals surface area contributed by atoms with Crippen LogP contribution in [-0.4, -0.2) is 113 Å². The molecule has 4 aromatic rings. The van der Waals surface area contributed by atoms with Crippen molar-refractivity contribution in [1.82, 2.24) is 31.0 Å². The number of nitrogens with one attached hydrogen (secondary N) is 3. The zero-order valence-electron chi connectivity index (χ0n) is 35.4. The van der Waals surface area contributed by atoms with Gasteiger partial charge in [0.05, 0.1) is 22.5 Å². The summed E-state index contributed by atoms with van der Waals surface area (Å²) in [5.41, 5.74) is 10.3. The van der Waals surface area contributed by atoms with E-state index in [1.54, 1.807) is 36.4 Å². The maximum atomic E-state index is 14.1. The fourth-order valence-corrected chi connectivity index (χ4v) is 9.87. The number of benzene rings is 3. The van der Waals surface area contributed by atoms with E-state index in [4.69, 9.17) is 5.73 Å². The van der Waals surface area contributed by atoms with Gasteiger partial charge >= 0.3 is 0 Å². The largest absolute Gasteiger partial charge is 0.507 e. The second kappa shape index (κ2) is 18.0. The zero-order chi connectivity index (χ0) is 44.5. The van der Waals surface area contributed by atoms with Gasteiger partial charge in [0.2, 0.25) is 23.6 Å². The van der Waals surface area contributed by atoms with Crippen LogP contribution in [0.1, 0.15) is 72.1 Å². The van der Waals surface area contributed by atoms with Crippen molar-refractivity contribution in [2.75, 3.05) is 59.7 Å². The van der Waals surface area contributed by atoms with Crippen LogP contribution in [0, 0.1) is 11.8 Å². The van der Waals surface area contributed by atoms with E-state index >= 15 is 0 Å². The van der Waals surface area contributed by atoms with Crippen molar-refractivity contribution < 1.29 is 33.9 Å². The van der Waals surface area contributed by atoms with Crippen molar-refractivity contribution in [3.63, 3.8) is 0 Å². The molecule has 4 aliphatic heterocycles. The van der Waals surface area contributed by atoms with Gasteiger partial charge in [-0.2, -0.15) is 0 Å². The quantitative estimate of drug-likeness (QED) is 0.145. The predicted octanol–water partition coefficient (Wildman–Crippen LogP) is 3.24. The van der Waals surface area contributed by atoms with E-state index < -0.39 is 35.7 Å². The van der Waals surface area contributed by atoms with E-state index in [2.05, 4.69) is 40.8 Å². The number of piperazine rings is 1. The summed E-state index contributed by atoms with van der Waals surface area (Å²) in [7, 11) is 0. The van der Waals surface area contributed by atoms with Crippen molar-refractivity contribution in [2.45, 2.75) is 69.5 Å². The van der Waals surface area contributed by atoms with Gasteiger partial charge in [-0.15, -0.1) is 10.2 Å². The van der Waals surface area contributed by atoms with Gasteiger partial charge in [-0.25, -0.2) is 0 Å². The minimum Gasteiger partial charge on any atom is -0.507 e. The lowest BCUT2D eigenvalue weighted by Crippen LogP contribution is -2.60. The first kappa shape index (κ1) is 42.3. The number of rotatable bonds is 10. The number of anilines is 4. The van der Waals surface area contributed by atoms with E-state index in [9.17, 15) is 33.9 Å². The lowest BCUT2D eigenvalue weighted by Gasteiger charge is -2.43. The van der Waals surface area contributed by atoms with Gasteiger partial charge in [-0.1, -0.05) is 30.3 Å². The summed E-state index contributed by atoms with van der Waals surface area (Å²) in [5, 5.41) is 27.7. The third-order valence-corrected chi connectivity index (χ3v) is 13.5. The molecule has 3 aromatic carbocycles. The number of carbonyl (C=O) groups excluding carboxylic acids is 6. The van der Waals surface area contributed by atoms with Crippen LogP contribution in [0.4, 0.5) is 22.9 Å². The van der Waals surface area contributed by atoms with Gasteiger partial charge in [-0.3, -0.25) is 39.0 Å². The normalized spacial score (nSPS) is 22.9. The number of carbonyl (C=O) groups is 6. The summed E-state index contributed by atoms with van der Waals surface area (Å²) in [6.45, 7) is 3.28. The summed E-state index contributed by atoms with van der Waals surface area (Å²) in [4.78, 5) is 85.5. The molecule has 0 spiro atoms. The number of imide groups is 2. The average molecular weight is 869 g/mol. The van der Waals surface area contributed by atoms with Gasteiger partial charge in [-0.05, 0) is 99.4 Å². The second-order valence-electron chi connectivity index (χ2n) is 17.4. The zero-order valence-corrected chi connectivity index (χ0v) is 35.4. The lowest BCUT2D eigenvalue weighted by molar-refractivity contribution is -0.136. The first-order valence-electron chi connectivity index (χ1n) is 22.2. The Kier molecular flexibility index (Phi) is 11.9. The Morgan fingerprint density at radius 1 is 0.734 bits per heavy atom. The molecule has 64 heavy (non-hydrogen) atoms. The molecule has 2 unspecified atom stereocenters. The SMILES string of the molecule is Nc1nnc(-c2ccccc2O)cc1N1CCN(c2ccccc2)C(C(=O)NCC2CCC(NC(=O)C3CCN(c4ccc5c(c4)C(=O)N(C4CCC(=O)NC4=O)C5=O)CC3)CC2)C1. The molecule has 1 aliphatic carbocycles. The molecule has 9 rings (SSSR count). The Balaban J connectivity index is 0.756. The molecule has 0 bridgehead atoms. The highest BCUT2D eigenvalue weighted by molar-refractivity contribution is 6.23. The monoisotopic (exact) mass is 868 g/mol. The van der Waals surface area contributed by atoms with Crippen LogP contribution >= 0.6 is 0 Å². The van der Waals surface area contributed by atoms with E-state index in [1.165, 1.54) is 0 Å². The summed E-state index contributed by atoms with van der Waals surface area (Å²) in [5.74, 6) is -1.70. The molecule has 332 valence electrons. The smallest absolute Gasteiger partial charge is 0.262 e. The molecule has 6 N–H and O–H groups in total. The van der Waals surface area contributed by atoms with Crippen LogP contribution in [-0.2, 0) is 19.2 Å². The molecule has 6 amide bonds. The number of aromatic nitrogens is 2. The average Bonchev–Trinajstić information content (AvgIpc) is 3.56. The van der Waals surface area contributed by atoms with E-state index in [1.807, 2.05) is 42.5 Å². The number of aromatic hydroxyl groups is 1. The number of nitrogen functional groups attached to an aromatic ring is 1. The Labute approximate surface area is 370 Å². The molecule has 5 aliphatic rings. The van der Waals surface area contributed by atoms with E-state index in [0.717, 1.165) is 42.0 Å². The first-order chi connectivity index (χ1) is 31.0. The topological polar surface area (TPSA) is 223 Å². The van der Waals surface area contributed by atoms with Crippen molar-refractivity contribution in [3.8, 4) is 17.0 Å². The number of nitrogens with zero attached hydrogens (tertiary/aromatic N) is 6. The summed E-state index contributed by atoms with van der Waals surface area (Å²) < 4.78 is 0. The predicted molar refractivity (Wildman–Crippen MR) is 238 cm³/mol. The molecule has 0 radical (unpaired) electrons. The van der Waals surface area contributed by atoms with Crippen LogP contribution in [0.3, 0.4) is 0 Å². The van der Waals surface area contributed by atoms with E-state index in [-0.39, 0.29) is 65.2 Å². The highest BCUT2D eigenvalue weighted by Gasteiger charge is 2.45. The maximum Gasteiger partial charge on any atom is 0.262 e. The number of para-hydroxylation sites is 2. The minimum atomic E-state index is -1.02.